The van der Waals surface area contributed by atoms with Gasteiger partial charge in [-0.05, 0) is 36.8 Å². The minimum atomic E-state index is -3.63. The van der Waals surface area contributed by atoms with Gasteiger partial charge in [-0.15, -0.1) is 0 Å². The molecule has 0 aliphatic carbocycles. The van der Waals surface area contributed by atoms with Gasteiger partial charge in [0, 0.05) is 6.07 Å². The Bertz CT molecular complexity index is 883. The molecular weight excluding hydrogens is 368 g/mol. The number of nitrogens with zero attached hydrogens (tertiary/aromatic N) is 1. The lowest BCUT2D eigenvalue weighted by molar-refractivity contribution is -0.119. The van der Waals surface area contributed by atoms with Crippen LogP contribution in [-0.2, 0) is 14.8 Å². The van der Waals surface area contributed by atoms with Crippen LogP contribution in [0.25, 0.3) is 0 Å². The maximum absolute atomic E-state index is 12.2. The van der Waals surface area contributed by atoms with E-state index >= 15 is 0 Å². The summed E-state index contributed by atoms with van der Waals surface area (Å²) in [7, 11) is -2.14. The number of anilines is 1. The van der Waals surface area contributed by atoms with Crippen molar-refractivity contribution in [1.82, 2.24) is 5.32 Å². The van der Waals surface area contributed by atoms with Crippen molar-refractivity contribution in [1.29, 1.82) is 0 Å². The first kappa shape index (κ1) is 20.6. The van der Waals surface area contributed by atoms with Crippen LogP contribution >= 0.6 is 0 Å². The van der Waals surface area contributed by atoms with E-state index in [-0.39, 0.29) is 19.7 Å². The predicted molar refractivity (Wildman–Crippen MR) is 105 cm³/mol. The average Bonchev–Trinajstić information content (AvgIpc) is 2.62. The highest BCUT2D eigenvalue weighted by Gasteiger charge is 2.21. The fourth-order valence-electron chi connectivity index (χ4n) is 2.42. The Morgan fingerprint density at radius 3 is 2.48 bits per heavy atom. The van der Waals surface area contributed by atoms with Gasteiger partial charge in [0.25, 0.3) is 0 Å². The van der Waals surface area contributed by atoms with Crippen LogP contribution in [-0.4, -0.2) is 47.4 Å². The SMILES string of the molecule is COc1cccc(N(CC(=O)NCCOc2cccc(C)c2)S(C)(=O)=O)c1. The van der Waals surface area contributed by atoms with E-state index in [0.717, 1.165) is 21.9 Å². The van der Waals surface area contributed by atoms with Gasteiger partial charge in [0.1, 0.15) is 24.7 Å². The average molecular weight is 392 g/mol. The summed E-state index contributed by atoms with van der Waals surface area (Å²) in [6.07, 6.45) is 1.06. The molecule has 0 aromatic heterocycles. The first-order chi connectivity index (χ1) is 12.8. The van der Waals surface area contributed by atoms with Gasteiger partial charge in [0.05, 0.1) is 25.6 Å². The molecule has 27 heavy (non-hydrogen) atoms. The number of ether oxygens (including phenoxy) is 2. The molecule has 0 aliphatic rings. The molecule has 0 heterocycles. The number of hydrogen-bond acceptors (Lipinski definition) is 5. The molecule has 0 atom stereocenters. The fraction of sp³-hybridized carbons (Fsp3) is 0.316. The summed E-state index contributed by atoms with van der Waals surface area (Å²) in [4.78, 5) is 12.2. The van der Waals surface area contributed by atoms with E-state index in [9.17, 15) is 13.2 Å². The Hall–Kier alpha value is -2.74. The summed E-state index contributed by atoms with van der Waals surface area (Å²) in [5, 5.41) is 2.67. The molecule has 0 radical (unpaired) electrons. The summed E-state index contributed by atoms with van der Waals surface area (Å²) in [5.41, 5.74) is 1.45. The lowest BCUT2D eigenvalue weighted by atomic mass is 10.2. The van der Waals surface area contributed by atoms with Gasteiger partial charge < -0.3 is 14.8 Å². The maximum atomic E-state index is 12.2. The van der Waals surface area contributed by atoms with Crippen molar-refractivity contribution in [2.24, 2.45) is 0 Å². The molecule has 0 bridgehead atoms. The third kappa shape index (κ3) is 6.49. The molecule has 2 aromatic rings. The summed E-state index contributed by atoms with van der Waals surface area (Å²) in [6.45, 7) is 2.19. The van der Waals surface area contributed by atoms with Crippen LogP contribution in [0.2, 0.25) is 0 Å². The molecule has 7 nitrogen and oxygen atoms in total. The number of sulfonamides is 1. The quantitative estimate of drug-likeness (QED) is 0.660. The van der Waals surface area contributed by atoms with Crippen LogP contribution in [0.1, 0.15) is 5.56 Å². The summed E-state index contributed by atoms with van der Waals surface area (Å²) in [6, 6.07) is 14.1. The Morgan fingerprint density at radius 1 is 1.11 bits per heavy atom. The third-order valence-corrected chi connectivity index (χ3v) is 4.85. The van der Waals surface area contributed by atoms with Crippen molar-refractivity contribution in [3.05, 3.63) is 54.1 Å². The summed E-state index contributed by atoms with van der Waals surface area (Å²) in [5.74, 6) is 0.808. The van der Waals surface area contributed by atoms with Crippen molar-refractivity contribution in [3.63, 3.8) is 0 Å². The van der Waals surface area contributed by atoms with Crippen molar-refractivity contribution in [2.75, 3.05) is 37.4 Å². The highest BCUT2D eigenvalue weighted by Crippen LogP contribution is 2.22. The Morgan fingerprint density at radius 2 is 1.81 bits per heavy atom. The van der Waals surface area contributed by atoms with Gasteiger partial charge >= 0.3 is 0 Å². The van der Waals surface area contributed by atoms with Gasteiger partial charge in [-0.3, -0.25) is 9.10 Å². The topological polar surface area (TPSA) is 84.9 Å². The maximum Gasteiger partial charge on any atom is 0.240 e. The molecule has 8 heteroatoms. The van der Waals surface area contributed by atoms with Gasteiger partial charge in [0.15, 0.2) is 0 Å². The predicted octanol–water partition coefficient (Wildman–Crippen LogP) is 1.96. The van der Waals surface area contributed by atoms with Gasteiger partial charge in [-0.1, -0.05) is 18.2 Å². The minimum absolute atomic E-state index is 0.266. The molecule has 146 valence electrons. The first-order valence-corrected chi connectivity index (χ1v) is 10.2. The highest BCUT2D eigenvalue weighted by atomic mass is 32.2. The zero-order chi connectivity index (χ0) is 19.9. The van der Waals surface area contributed by atoms with E-state index in [1.54, 1.807) is 24.3 Å². The molecule has 2 aromatic carbocycles. The molecule has 0 aliphatic heterocycles. The molecule has 1 N–H and O–H groups in total. The zero-order valence-corrected chi connectivity index (χ0v) is 16.5. The number of hydrogen-bond donors (Lipinski definition) is 1. The van der Waals surface area contributed by atoms with E-state index in [0.29, 0.717) is 11.4 Å². The monoisotopic (exact) mass is 392 g/mol. The van der Waals surface area contributed by atoms with Gasteiger partial charge in [0.2, 0.25) is 15.9 Å². The Kier molecular flexibility index (Phi) is 7.06. The summed E-state index contributed by atoms with van der Waals surface area (Å²) >= 11 is 0. The third-order valence-electron chi connectivity index (χ3n) is 3.71. The first-order valence-electron chi connectivity index (χ1n) is 8.37. The molecule has 0 unspecified atom stereocenters. The van der Waals surface area contributed by atoms with Crippen LogP contribution in [0.15, 0.2) is 48.5 Å². The zero-order valence-electron chi connectivity index (χ0n) is 15.6. The van der Waals surface area contributed by atoms with Gasteiger partial charge in [-0.2, -0.15) is 0 Å². The largest absolute Gasteiger partial charge is 0.497 e. The number of carbonyl (C=O) groups is 1. The number of rotatable bonds is 9. The van der Waals surface area contributed by atoms with Crippen molar-refractivity contribution >= 4 is 21.6 Å². The van der Waals surface area contributed by atoms with Crippen molar-refractivity contribution in [3.8, 4) is 11.5 Å². The van der Waals surface area contributed by atoms with E-state index in [4.69, 9.17) is 9.47 Å². The second-order valence-electron chi connectivity index (χ2n) is 5.99. The Balaban J connectivity index is 1.92. The fourth-order valence-corrected chi connectivity index (χ4v) is 3.26. The van der Waals surface area contributed by atoms with E-state index in [2.05, 4.69) is 5.32 Å². The lowest BCUT2D eigenvalue weighted by Gasteiger charge is -2.22. The van der Waals surface area contributed by atoms with Crippen LogP contribution in [0.3, 0.4) is 0 Å². The molecule has 0 saturated heterocycles. The molecular formula is C19H24N2O5S. The van der Waals surface area contributed by atoms with E-state index < -0.39 is 15.9 Å². The molecule has 1 amide bonds. The number of amides is 1. The normalized spacial score (nSPS) is 10.9. The van der Waals surface area contributed by atoms with Crippen LogP contribution in [0.5, 0.6) is 11.5 Å². The van der Waals surface area contributed by atoms with Gasteiger partial charge in [-0.25, -0.2) is 8.42 Å². The molecule has 0 saturated carbocycles. The second-order valence-corrected chi connectivity index (χ2v) is 7.89. The van der Waals surface area contributed by atoms with Crippen molar-refractivity contribution in [2.45, 2.75) is 6.92 Å². The van der Waals surface area contributed by atoms with Crippen LogP contribution < -0.4 is 19.1 Å². The number of carbonyl (C=O) groups excluding carboxylic acids is 1. The Labute approximate surface area is 160 Å². The molecule has 0 fully saturated rings. The number of aryl methyl sites for hydroxylation is 1. The van der Waals surface area contributed by atoms with Crippen molar-refractivity contribution < 1.29 is 22.7 Å². The summed E-state index contributed by atoms with van der Waals surface area (Å²) < 4.78 is 35.9. The number of methoxy groups -OCH3 is 1. The second kappa shape index (κ2) is 9.27. The lowest BCUT2D eigenvalue weighted by Crippen LogP contribution is -2.41. The molecule has 0 spiro atoms. The highest BCUT2D eigenvalue weighted by molar-refractivity contribution is 7.92. The smallest absolute Gasteiger partial charge is 0.240 e. The van der Waals surface area contributed by atoms with Crippen LogP contribution in [0, 0.1) is 6.92 Å². The van der Waals surface area contributed by atoms with E-state index in [1.165, 1.54) is 7.11 Å². The number of nitrogens with one attached hydrogen (secondary N) is 1. The number of benzene rings is 2. The van der Waals surface area contributed by atoms with E-state index in [1.807, 2.05) is 31.2 Å². The standard InChI is InChI=1S/C19H24N2O5S/c1-15-6-4-9-18(12-15)26-11-10-20-19(22)14-21(27(3,23)24)16-7-5-8-17(13-16)25-2/h4-9,12-13H,10-11,14H2,1-3H3,(H,20,22). The minimum Gasteiger partial charge on any atom is -0.497 e. The molecule has 2 rings (SSSR count). The van der Waals surface area contributed by atoms with Crippen LogP contribution in [0.4, 0.5) is 5.69 Å².